The van der Waals surface area contributed by atoms with E-state index in [0.29, 0.717) is 18.1 Å². The summed E-state index contributed by atoms with van der Waals surface area (Å²) in [7, 11) is 0. The second kappa shape index (κ2) is 12.0. The van der Waals surface area contributed by atoms with Gasteiger partial charge in [0.25, 0.3) is 0 Å². The van der Waals surface area contributed by atoms with Gasteiger partial charge >= 0.3 is 6.18 Å². The lowest BCUT2D eigenvalue weighted by Gasteiger charge is -2.37. The molecule has 0 spiro atoms. The van der Waals surface area contributed by atoms with Crippen LogP contribution in [0.2, 0.25) is 0 Å². The summed E-state index contributed by atoms with van der Waals surface area (Å²) in [6.07, 6.45) is 14.4. The number of hydrogen-bond donors (Lipinski definition) is 0. The van der Waals surface area contributed by atoms with Crippen molar-refractivity contribution in [2.75, 3.05) is 0 Å². The molecular weight excluding hydrogens is 431 g/mol. The SMILES string of the molecule is CCCCCC1CCC(C2CCC(C=CC#Cc3cc(F)c(C(F)(F)F)c(F)c3)CC2)CC1. The van der Waals surface area contributed by atoms with Crippen molar-refractivity contribution in [2.24, 2.45) is 23.7 Å². The van der Waals surface area contributed by atoms with Crippen molar-refractivity contribution in [1.29, 1.82) is 0 Å². The normalized spacial score (nSPS) is 26.2. The van der Waals surface area contributed by atoms with Crippen molar-refractivity contribution in [3.8, 4) is 11.8 Å². The minimum Gasteiger partial charge on any atom is -0.206 e. The molecule has 5 heteroatoms. The molecule has 0 radical (unpaired) electrons. The van der Waals surface area contributed by atoms with Gasteiger partial charge in [-0.2, -0.15) is 13.2 Å². The molecule has 0 atom stereocenters. The van der Waals surface area contributed by atoms with Crippen LogP contribution in [0.25, 0.3) is 0 Å². The highest BCUT2D eigenvalue weighted by atomic mass is 19.4. The van der Waals surface area contributed by atoms with E-state index < -0.39 is 23.4 Å². The average molecular weight is 467 g/mol. The third-order valence-electron chi connectivity index (χ3n) is 7.58. The fraction of sp³-hybridized carbons (Fsp3) is 0.643. The molecule has 2 aliphatic carbocycles. The molecule has 2 saturated carbocycles. The van der Waals surface area contributed by atoms with E-state index in [-0.39, 0.29) is 5.56 Å². The summed E-state index contributed by atoms with van der Waals surface area (Å²) < 4.78 is 65.2. The van der Waals surface area contributed by atoms with Crippen molar-refractivity contribution in [1.82, 2.24) is 0 Å². The first-order valence-electron chi connectivity index (χ1n) is 12.5. The van der Waals surface area contributed by atoms with Gasteiger partial charge in [-0.1, -0.05) is 63.4 Å². The molecule has 0 heterocycles. The molecule has 2 aliphatic rings. The van der Waals surface area contributed by atoms with Crippen molar-refractivity contribution in [3.05, 3.63) is 47.0 Å². The van der Waals surface area contributed by atoms with Gasteiger partial charge in [-0.3, -0.25) is 0 Å². The zero-order valence-electron chi connectivity index (χ0n) is 19.5. The molecule has 1 aromatic rings. The number of unbranched alkanes of at least 4 members (excludes halogenated alkanes) is 2. The summed E-state index contributed by atoms with van der Waals surface area (Å²) in [6.45, 7) is 2.26. The Bertz CT molecular complexity index is 818. The van der Waals surface area contributed by atoms with E-state index >= 15 is 0 Å². The summed E-state index contributed by atoms with van der Waals surface area (Å²) >= 11 is 0. The molecule has 33 heavy (non-hydrogen) atoms. The van der Waals surface area contributed by atoms with Crippen LogP contribution in [0.1, 0.15) is 95.1 Å². The molecule has 1 aromatic carbocycles. The molecule has 0 bridgehead atoms. The van der Waals surface area contributed by atoms with E-state index in [1.54, 1.807) is 6.08 Å². The van der Waals surface area contributed by atoms with Gasteiger partial charge in [0, 0.05) is 5.56 Å². The van der Waals surface area contributed by atoms with Gasteiger partial charge in [0.05, 0.1) is 0 Å². The van der Waals surface area contributed by atoms with E-state index in [1.807, 2.05) is 6.08 Å². The second-order valence-electron chi connectivity index (χ2n) is 9.89. The van der Waals surface area contributed by atoms with Crippen molar-refractivity contribution in [3.63, 3.8) is 0 Å². The highest BCUT2D eigenvalue weighted by molar-refractivity contribution is 5.40. The zero-order valence-corrected chi connectivity index (χ0v) is 19.5. The molecule has 0 saturated heterocycles. The fourth-order valence-electron chi connectivity index (χ4n) is 5.67. The number of halogens is 5. The number of benzene rings is 1. The second-order valence-corrected chi connectivity index (χ2v) is 9.89. The highest BCUT2D eigenvalue weighted by Crippen LogP contribution is 2.42. The Morgan fingerprint density at radius 1 is 0.879 bits per heavy atom. The third kappa shape index (κ3) is 7.59. The molecular formula is C28H35F5. The first-order valence-corrected chi connectivity index (χ1v) is 12.5. The maximum absolute atomic E-state index is 13.6. The summed E-state index contributed by atoms with van der Waals surface area (Å²) in [6, 6.07) is 1.27. The number of allylic oxidation sites excluding steroid dienone is 2. The molecule has 3 rings (SSSR count). The quantitative estimate of drug-likeness (QED) is 0.223. The standard InChI is InChI=1S/C28H35F5/c1-2-3-4-7-20-10-14-23(15-11-20)24-16-12-21(13-17-24)8-5-6-9-22-18-25(29)27(26(30)19-22)28(31,32)33/h5,8,18-21,23-24H,2-4,7,10-17H2,1H3. The first kappa shape index (κ1) is 25.8. The molecule has 0 N–H and O–H groups in total. The van der Waals surface area contributed by atoms with Crippen LogP contribution in [0.3, 0.4) is 0 Å². The van der Waals surface area contributed by atoms with Crippen LogP contribution < -0.4 is 0 Å². The molecule has 2 fully saturated rings. The van der Waals surface area contributed by atoms with Crippen LogP contribution in [0.15, 0.2) is 24.3 Å². The Kier molecular flexibility index (Phi) is 9.41. The Balaban J connectivity index is 1.43. The molecule has 0 aliphatic heterocycles. The van der Waals surface area contributed by atoms with Gasteiger partial charge in [-0.15, -0.1) is 0 Å². The van der Waals surface area contributed by atoms with Crippen molar-refractivity contribution in [2.45, 2.75) is 90.1 Å². The molecule has 0 nitrogen and oxygen atoms in total. The Morgan fingerprint density at radius 2 is 1.45 bits per heavy atom. The molecule has 182 valence electrons. The minimum absolute atomic E-state index is 0.100. The van der Waals surface area contributed by atoms with Gasteiger partial charge in [0.15, 0.2) is 0 Å². The zero-order chi connectivity index (χ0) is 23.8. The smallest absolute Gasteiger partial charge is 0.206 e. The van der Waals surface area contributed by atoms with E-state index in [4.69, 9.17) is 0 Å². The van der Waals surface area contributed by atoms with Crippen molar-refractivity contribution >= 4 is 0 Å². The van der Waals surface area contributed by atoms with E-state index in [2.05, 4.69) is 18.8 Å². The minimum atomic E-state index is -5.06. The van der Waals surface area contributed by atoms with E-state index in [1.165, 1.54) is 64.2 Å². The maximum Gasteiger partial charge on any atom is 0.422 e. The number of alkyl halides is 3. The van der Waals surface area contributed by atoms with Gasteiger partial charge in [0.1, 0.15) is 17.2 Å². The summed E-state index contributed by atoms with van der Waals surface area (Å²) in [5.74, 6) is 5.08. The van der Waals surface area contributed by atoms with Gasteiger partial charge in [-0.25, -0.2) is 8.78 Å². The average Bonchev–Trinajstić information content (AvgIpc) is 2.76. The summed E-state index contributed by atoms with van der Waals surface area (Å²) in [5, 5.41) is 0. The largest absolute Gasteiger partial charge is 0.422 e. The maximum atomic E-state index is 13.6. The Hall–Kier alpha value is -1.83. The van der Waals surface area contributed by atoms with Crippen molar-refractivity contribution < 1.29 is 22.0 Å². The summed E-state index contributed by atoms with van der Waals surface area (Å²) in [5.41, 5.74) is -1.97. The first-order chi connectivity index (χ1) is 15.8. The van der Waals surface area contributed by atoms with E-state index in [9.17, 15) is 22.0 Å². The molecule has 0 aromatic heterocycles. The van der Waals surface area contributed by atoms with Crippen LogP contribution in [0, 0.1) is 47.1 Å². The highest BCUT2D eigenvalue weighted by Gasteiger charge is 2.37. The Labute approximate surface area is 195 Å². The summed E-state index contributed by atoms with van der Waals surface area (Å²) in [4.78, 5) is 0. The number of hydrogen-bond acceptors (Lipinski definition) is 0. The monoisotopic (exact) mass is 466 g/mol. The van der Waals surface area contributed by atoms with E-state index in [0.717, 1.165) is 30.6 Å². The lowest BCUT2D eigenvalue weighted by atomic mass is 9.68. The number of rotatable bonds is 6. The van der Waals surface area contributed by atoms with Gasteiger partial charge in [0.2, 0.25) is 0 Å². The fourth-order valence-corrected chi connectivity index (χ4v) is 5.67. The third-order valence-corrected chi connectivity index (χ3v) is 7.58. The van der Waals surface area contributed by atoms with Crippen LogP contribution in [0.4, 0.5) is 22.0 Å². The van der Waals surface area contributed by atoms with Crippen LogP contribution in [-0.2, 0) is 6.18 Å². The lowest BCUT2D eigenvalue weighted by molar-refractivity contribution is -0.142. The topological polar surface area (TPSA) is 0 Å². The van der Waals surface area contributed by atoms with Crippen LogP contribution >= 0.6 is 0 Å². The van der Waals surface area contributed by atoms with Crippen LogP contribution in [0.5, 0.6) is 0 Å². The molecule has 0 amide bonds. The van der Waals surface area contributed by atoms with Gasteiger partial charge in [-0.05, 0) is 80.4 Å². The Morgan fingerprint density at radius 3 is 2.00 bits per heavy atom. The molecule has 0 unspecified atom stereocenters. The predicted molar refractivity (Wildman–Crippen MR) is 122 cm³/mol. The predicted octanol–water partition coefficient (Wildman–Crippen LogP) is 9.08. The lowest BCUT2D eigenvalue weighted by Crippen LogP contribution is -2.25. The van der Waals surface area contributed by atoms with Crippen LogP contribution in [-0.4, -0.2) is 0 Å². The van der Waals surface area contributed by atoms with Gasteiger partial charge < -0.3 is 0 Å².